The molecule has 3 atom stereocenters. The predicted molar refractivity (Wildman–Crippen MR) is 185 cm³/mol. The van der Waals surface area contributed by atoms with Gasteiger partial charge in [-0.15, -0.1) is 0 Å². The van der Waals surface area contributed by atoms with Gasteiger partial charge in [0.2, 0.25) is 0 Å². The van der Waals surface area contributed by atoms with Crippen molar-refractivity contribution in [1.29, 1.82) is 0 Å². The topological polar surface area (TPSA) is 119 Å². The summed E-state index contributed by atoms with van der Waals surface area (Å²) in [6, 6.07) is 11.7. The number of esters is 1. The minimum Gasteiger partial charge on any atom is -0.458 e. The number of H-pyrrole nitrogens is 1. The molecule has 0 amide bonds. The zero-order chi connectivity index (χ0) is 33.2. The van der Waals surface area contributed by atoms with E-state index in [0.717, 1.165) is 73.2 Å². The van der Waals surface area contributed by atoms with Crippen molar-refractivity contribution >= 4 is 46.3 Å². The van der Waals surface area contributed by atoms with Gasteiger partial charge < -0.3 is 13.8 Å². The third-order valence-corrected chi connectivity index (χ3v) is 10.5. The van der Waals surface area contributed by atoms with Crippen molar-refractivity contribution in [2.45, 2.75) is 71.3 Å². The monoisotopic (exact) mass is 681 g/mol. The Morgan fingerprint density at radius 1 is 1.06 bits per heavy atom. The second kappa shape index (κ2) is 14.3. The molecule has 1 saturated heterocycles. The van der Waals surface area contributed by atoms with Crippen LogP contribution < -0.4 is 13.8 Å². The Bertz CT molecular complexity index is 1760. The fraction of sp³-hybridized carbons (Fsp3) is 0.471. The first-order chi connectivity index (χ1) is 22.6. The second-order valence-corrected chi connectivity index (χ2v) is 14.6. The van der Waals surface area contributed by atoms with E-state index in [1.807, 2.05) is 50.2 Å². The molecule has 1 aliphatic heterocycles. The molecule has 0 radical (unpaired) electrons. The molecule has 2 N–H and O–H groups in total. The van der Waals surface area contributed by atoms with Crippen LogP contribution in [0.5, 0.6) is 5.75 Å². The Balaban J connectivity index is 1.32. The molecule has 13 heteroatoms. The van der Waals surface area contributed by atoms with Crippen LogP contribution in [-0.2, 0) is 25.2 Å². The highest BCUT2D eigenvalue weighted by Gasteiger charge is 2.36. The average Bonchev–Trinajstić information content (AvgIpc) is 3.77. The number of aromatic nitrogens is 3. The van der Waals surface area contributed by atoms with E-state index in [1.54, 1.807) is 10.7 Å². The Kier molecular flexibility index (Phi) is 10.2. The van der Waals surface area contributed by atoms with Crippen LogP contribution in [-0.4, -0.2) is 51.1 Å². The Hall–Kier alpha value is -3.52. The highest BCUT2D eigenvalue weighted by molar-refractivity contribution is 7.94. The third kappa shape index (κ3) is 7.33. The summed E-state index contributed by atoms with van der Waals surface area (Å²) in [5.41, 5.74) is 4.98. The van der Waals surface area contributed by atoms with E-state index in [-0.39, 0.29) is 17.9 Å². The number of carbonyl (C=O) groups is 1. The first-order valence-corrected chi connectivity index (χ1v) is 18.0. The molecular formula is C34H43N5O6S2. The normalized spacial score (nSPS) is 22.0. The quantitative estimate of drug-likeness (QED) is 0.0721. The second-order valence-electron chi connectivity index (χ2n) is 13.0. The number of carbonyl (C=O) groups excluding carboxylic acids is 1. The molecule has 2 aromatic carbocycles. The largest absolute Gasteiger partial charge is 0.458 e. The number of hydrogen-bond acceptors (Lipinski definition) is 9. The van der Waals surface area contributed by atoms with Gasteiger partial charge in [-0.2, -0.15) is 8.54 Å². The van der Waals surface area contributed by atoms with Gasteiger partial charge in [-0.25, -0.2) is 19.2 Å². The van der Waals surface area contributed by atoms with Crippen LogP contribution in [0.15, 0.2) is 47.5 Å². The van der Waals surface area contributed by atoms with Crippen LogP contribution in [0.4, 0.5) is 11.4 Å². The van der Waals surface area contributed by atoms with Crippen molar-refractivity contribution in [2.75, 3.05) is 29.8 Å². The molecule has 2 fully saturated rings. The molecular weight excluding hydrogens is 639 g/mol. The average molecular weight is 682 g/mol. The minimum atomic E-state index is -1.85. The number of aryl methyl sites for hydroxylation is 2. The van der Waals surface area contributed by atoms with Crippen molar-refractivity contribution in [1.82, 2.24) is 14.6 Å². The number of ether oxygens (including phenoxy) is 1. The lowest BCUT2D eigenvalue weighted by atomic mass is 9.75. The maximum atomic E-state index is 13.8. The Morgan fingerprint density at radius 3 is 2.53 bits per heavy atom. The highest BCUT2D eigenvalue weighted by Crippen LogP contribution is 2.38. The molecule has 2 aliphatic rings. The van der Waals surface area contributed by atoms with Gasteiger partial charge in [0, 0.05) is 24.8 Å². The molecule has 3 unspecified atom stereocenters. The lowest BCUT2D eigenvalue weighted by Gasteiger charge is -2.37. The molecule has 252 valence electrons. The minimum absolute atomic E-state index is 0.188. The molecule has 1 aliphatic carbocycles. The zero-order valence-corrected chi connectivity index (χ0v) is 29.3. The fourth-order valence-corrected chi connectivity index (χ4v) is 8.24. The summed E-state index contributed by atoms with van der Waals surface area (Å²) in [5, 5.41) is 3.29. The van der Waals surface area contributed by atoms with E-state index in [1.165, 1.54) is 7.11 Å². The number of anilines is 2. The first-order valence-electron chi connectivity index (χ1n) is 16.1. The molecule has 6 rings (SSSR count). The van der Waals surface area contributed by atoms with Gasteiger partial charge in [-0.1, -0.05) is 32.9 Å². The molecule has 11 nitrogen and oxygen atoms in total. The SMILES string of the molecule is COOSc1cn2[nH]c(-c3ccc(N4CCCC4)c(NS(=O)Oc4cc(C)ccc4C)c3)nc2c1C(=O)OC1C(C)CC(C)CC1C. The zero-order valence-electron chi connectivity index (χ0n) is 27.7. The summed E-state index contributed by atoms with van der Waals surface area (Å²) in [7, 11) is 1.41. The Labute approximate surface area is 282 Å². The Morgan fingerprint density at radius 2 is 1.81 bits per heavy atom. The third-order valence-electron chi connectivity index (χ3n) is 9.12. The van der Waals surface area contributed by atoms with Gasteiger partial charge in [0.05, 0.1) is 35.4 Å². The van der Waals surface area contributed by atoms with Gasteiger partial charge in [-0.05, 0) is 92.7 Å². The summed E-state index contributed by atoms with van der Waals surface area (Å²) in [6.07, 6.45) is 5.77. The van der Waals surface area contributed by atoms with E-state index in [9.17, 15) is 9.00 Å². The smallest absolute Gasteiger partial charge is 0.343 e. The fourth-order valence-electron chi connectivity index (χ4n) is 6.97. The number of nitrogens with one attached hydrogen (secondary N) is 2. The van der Waals surface area contributed by atoms with Crippen molar-refractivity contribution in [2.24, 2.45) is 17.8 Å². The van der Waals surface area contributed by atoms with Gasteiger partial charge in [0.25, 0.3) is 0 Å². The van der Waals surface area contributed by atoms with Crippen molar-refractivity contribution in [3.8, 4) is 17.1 Å². The first kappa shape index (κ1) is 33.4. The van der Waals surface area contributed by atoms with Gasteiger partial charge >= 0.3 is 17.2 Å². The van der Waals surface area contributed by atoms with E-state index in [4.69, 9.17) is 23.1 Å². The summed E-state index contributed by atoms with van der Waals surface area (Å²) >= 11 is -0.921. The van der Waals surface area contributed by atoms with Crippen LogP contribution in [0.2, 0.25) is 0 Å². The molecule has 47 heavy (non-hydrogen) atoms. The van der Waals surface area contributed by atoms with Crippen LogP contribution in [0, 0.1) is 31.6 Å². The van der Waals surface area contributed by atoms with Gasteiger partial charge in [0.1, 0.15) is 17.4 Å². The standard InChI is InChI=1S/C34H43N5O6S2/c1-20-9-10-22(3)28(17-20)44-47(41)37-26-18-25(11-12-27(26)38-13-7-8-14-38)32-35-33-30(29(46-45-42-6)19-39(33)36-32)34(40)43-31-23(4)15-21(2)16-24(31)5/h9-12,17-19,21,23-24,31,37H,7-8,13-16H2,1-6H3,(H,35,36). The van der Waals surface area contributed by atoms with E-state index in [2.05, 4.69) is 35.5 Å². The number of fused-ring (bicyclic) bond motifs is 1. The summed E-state index contributed by atoms with van der Waals surface area (Å²) in [5.74, 6) is 1.74. The van der Waals surface area contributed by atoms with Crippen LogP contribution in [0.3, 0.4) is 0 Å². The number of nitrogens with zero attached hydrogens (tertiary/aromatic N) is 3. The van der Waals surface area contributed by atoms with Crippen LogP contribution in [0.25, 0.3) is 17.0 Å². The lowest BCUT2D eigenvalue weighted by Crippen LogP contribution is -2.37. The molecule has 4 aromatic rings. The van der Waals surface area contributed by atoms with Gasteiger partial charge in [0.15, 0.2) is 11.5 Å². The molecule has 3 heterocycles. The number of rotatable bonds is 11. The number of hydrogen-bond donors (Lipinski definition) is 2. The summed E-state index contributed by atoms with van der Waals surface area (Å²) in [6.45, 7) is 12.3. The summed E-state index contributed by atoms with van der Waals surface area (Å²) in [4.78, 5) is 26.3. The number of aromatic amines is 1. The van der Waals surface area contributed by atoms with E-state index >= 15 is 0 Å². The highest BCUT2D eigenvalue weighted by atomic mass is 32.2. The maximum absolute atomic E-state index is 13.8. The van der Waals surface area contributed by atoms with Gasteiger partial charge in [-0.3, -0.25) is 9.82 Å². The van der Waals surface area contributed by atoms with Crippen molar-refractivity contribution in [3.05, 3.63) is 59.3 Å². The molecule has 0 bridgehead atoms. The molecule has 1 saturated carbocycles. The maximum Gasteiger partial charge on any atom is 0.343 e. The summed E-state index contributed by atoms with van der Waals surface area (Å²) < 4.78 is 35.2. The number of benzene rings is 2. The van der Waals surface area contributed by atoms with Crippen LogP contribution >= 0.6 is 12.0 Å². The predicted octanol–water partition coefficient (Wildman–Crippen LogP) is 7.43. The van der Waals surface area contributed by atoms with E-state index < -0.39 is 17.2 Å². The van der Waals surface area contributed by atoms with Crippen LogP contribution in [0.1, 0.15) is 67.9 Å². The molecule has 2 aromatic heterocycles. The van der Waals surface area contributed by atoms with Crippen molar-refractivity contribution < 1.29 is 27.1 Å². The molecule has 0 spiro atoms. The van der Waals surface area contributed by atoms with Crippen molar-refractivity contribution in [3.63, 3.8) is 0 Å². The lowest BCUT2D eigenvalue weighted by molar-refractivity contribution is -0.160. The van der Waals surface area contributed by atoms with E-state index in [0.29, 0.717) is 39.3 Å².